The van der Waals surface area contributed by atoms with Gasteiger partial charge >= 0.3 is 23.9 Å². The molecule has 0 heterocycles. The van der Waals surface area contributed by atoms with Gasteiger partial charge in [-0.05, 0) is 195 Å². The molecule has 0 aliphatic heterocycles. The maximum absolute atomic E-state index is 14.5. The molecule has 0 atom stereocenters. The van der Waals surface area contributed by atoms with Crippen molar-refractivity contribution in [1.29, 1.82) is 0 Å². The Labute approximate surface area is 403 Å². The van der Waals surface area contributed by atoms with Crippen LogP contribution in [-0.4, -0.2) is 95.1 Å². The number of carbonyl (C=O) groups is 4. The SMILES string of the molecule is CC(C)(C)OCC(C)(C)OC(=O)c1ccc2c3ccc(C(=O)OC(C)(C)COC(C)(C)C)c4c(C(=O)OC(C)(C)COC(C)(C)C)ccc(c5ccc(C(=O)OC(C)(C)COC(C)(C)C)c1c25)c43. The van der Waals surface area contributed by atoms with Crippen LogP contribution < -0.4 is 0 Å². The lowest BCUT2D eigenvalue weighted by atomic mass is 9.84. The van der Waals surface area contributed by atoms with E-state index in [9.17, 15) is 19.2 Å². The van der Waals surface area contributed by atoms with Crippen LogP contribution in [-0.2, 0) is 37.9 Å². The van der Waals surface area contributed by atoms with Crippen LogP contribution in [0, 0.1) is 0 Å². The molecule has 12 nitrogen and oxygen atoms in total. The lowest BCUT2D eigenvalue weighted by Gasteiger charge is -2.31. The summed E-state index contributed by atoms with van der Waals surface area (Å²) in [6, 6.07) is 13.8. The van der Waals surface area contributed by atoms with Crippen molar-refractivity contribution in [3.8, 4) is 0 Å². The van der Waals surface area contributed by atoms with E-state index in [2.05, 4.69) is 0 Å². The van der Waals surface area contributed by atoms with Gasteiger partial charge in [0.05, 0.1) is 71.1 Å². The van der Waals surface area contributed by atoms with Crippen LogP contribution in [0.4, 0.5) is 0 Å². The molecule has 0 saturated heterocycles. The maximum Gasteiger partial charge on any atom is 0.339 e. The standard InChI is InChI=1S/C56H76O12/c1-49(2,3)61-29-53(13,14)65-45(57)37-25-21-33-35-23-27-39(47(59)67-55(17,18)31-63-51(7,8)9)44-40(48(60)68-56(19,20)32-64-52(10,11)12)28-24-36(42(35)44)34-22-26-38(43(37)41(33)34)46(58)66-54(15,16)30-62-50(4,5)6/h21-28H,29-32H2,1-20H3. The number of hydrogen-bond donors (Lipinski definition) is 0. The summed E-state index contributed by atoms with van der Waals surface area (Å²) in [4.78, 5) is 58.1. The van der Waals surface area contributed by atoms with Crippen LogP contribution in [0.3, 0.4) is 0 Å². The number of fused-ring (bicyclic) bond motifs is 2. The van der Waals surface area contributed by atoms with Crippen molar-refractivity contribution in [3.05, 3.63) is 70.8 Å². The molecule has 372 valence electrons. The molecule has 5 aromatic carbocycles. The number of hydrogen-bond acceptors (Lipinski definition) is 12. The second kappa shape index (κ2) is 18.8. The zero-order chi connectivity index (χ0) is 51.4. The Morgan fingerprint density at radius 1 is 0.294 bits per heavy atom. The van der Waals surface area contributed by atoms with E-state index < -0.39 is 68.7 Å². The highest BCUT2D eigenvalue weighted by atomic mass is 16.6. The predicted molar refractivity (Wildman–Crippen MR) is 268 cm³/mol. The van der Waals surface area contributed by atoms with E-state index in [1.54, 1.807) is 104 Å². The fourth-order valence-electron chi connectivity index (χ4n) is 7.47. The molecule has 0 spiro atoms. The highest BCUT2D eigenvalue weighted by Crippen LogP contribution is 2.45. The Balaban J connectivity index is 1.82. The molecule has 68 heavy (non-hydrogen) atoms. The summed E-state index contributed by atoms with van der Waals surface area (Å²) in [5, 5.41) is 4.40. The molecule has 0 aliphatic carbocycles. The van der Waals surface area contributed by atoms with Gasteiger partial charge in [0.1, 0.15) is 22.4 Å². The lowest BCUT2D eigenvalue weighted by Crippen LogP contribution is -2.37. The van der Waals surface area contributed by atoms with E-state index in [0.29, 0.717) is 43.1 Å². The number of rotatable bonds is 16. The fourth-order valence-corrected chi connectivity index (χ4v) is 7.47. The van der Waals surface area contributed by atoms with Gasteiger partial charge < -0.3 is 37.9 Å². The van der Waals surface area contributed by atoms with E-state index in [0.717, 1.165) is 0 Å². The van der Waals surface area contributed by atoms with E-state index >= 15 is 0 Å². The number of ether oxygens (including phenoxy) is 8. The zero-order valence-electron chi connectivity index (χ0n) is 44.3. The number of benzene rings is 5. The first-order valence-corrected chi connectivity index (χ1v) is 23.5. The molecule has 5 aromatic rings. The third-order valence-electron chi connectivity index (χ3n) is 10.7. The van der Waals surface area contributed by atoms with Crippen molar-refractivity contribution < 1.29 is 57.1 Å². The highest BCUT2D eigenvalue weighted by molar-refractivity contribution is 6.38. The van der Waals surface area contributed by atoms with Crippen LogP contribution in [0.15, 0.2) is 48.5 Å². The summed E-state index contributed by atoms with van der Waals surface area (Å²) in [5.41, 5.74) is -5.57. The summed E-state index contributed by atoms with van der Waals surface area (Å²) < 4.78 is 48.8. The molecular formula is C56H76O12. The molecule has 0 fully saturated rings. The summed E-state index contributed by atoms with van der Waals surface area (Å²) >= 11 is 0. The molecule has 5 rings (SSSR count). The average molecular weight is 941 g/mol. The normalized spacial score (nSPS) is 13.7. The van der Waals surface area contributed by atoms with Crippen molar-refractivity contribution in [3.63, 3.8) is 0 Å². The summed E-state index contributed by atoms with van der Waals surface area (Å²) in [6.07, 6.45) is 0. The first-order valence-electron chi connectivity index (χ1n) is 23.5. The Kier molecular flexibility index (Phi) is 14.9. The maximum atomic E-state index is 14.5. The Morgan fingerprint density at radius 3 is 0.632 bits per heavy atom. The molecule has 0 aliphatic rings. The molecule has 0 aromatic heterocycles. The molecule has 0 bridgehead atoms. The minimum Gasteiger partial charge on any atom is -0.454 e. The van der Waals surface area contributed by atoms with Gasteiger partial charge in [0.15, 0.2) is 0 Å². The molecule has 0 amide bonds. The minimum atomic E-state index is -1.05. The van der Waals surface area contributed by atoms with E-state index in [1.165, 1.54) is 0 Å². The number of esters is 4. The molecule has 0 unspecified atom stereocenters. The third kappa shape index (κ3) is 13.7. The van der Waals surface area contributed by atoms with Crippen LogP contribution >= 0.6 is 0 Å². The monoisotopic (exact) mass is 941 g/mol. The minimum absolute atomic E-state index is 0.118. The van der Waals surface area contributed by atoms with Gasteiger partial charge in [0.2, 0.25) is 0 Å². The van der Waals surface area contributed by atoms with Gasteiger partial charge in [-0.1, -0.05) is 24.3 Å². The quantitative estimate of drug-likeness (QED) is 0.0402. The van der Waals surface area contributed by atoms with Crippen molar-refractivity contribution in [2.75, 3.05) is 26.4 Å². The Hall–Kier alpha value is -4.88. The first kappa shape index (κ1) is 54.1. The molecular weight excluding hydrogens is 865 g/mol. The van der Waals surface area contributed by atoms with Crippen molar-refractivity contribution in [2.24, 2.45) is 0 Å². The fraction of sp³-hybridized carbons (Fsp3) is 0.571. The molecule has 0 radical (unpaired) electrons. The highest BCUT2D eigenvalue weighted by Gasteiger charge is 2.35. The first-order chi connectivity index (χ1) is 30.8. The van der Waals surface area contributed by atoms with E-state index in [4.69, 9.17) is 37.9 Å². The largest absolute Gasteiger partial charge is 0.454 e. The molecule has 0 saturated carbocycles. The summed E-state index contributed by atoms with van der Waals surface area (Å²) in [6.45, 7) is 37.7. The van der Waals surface area contributed by atoms with Crippen LogP contribution in [0.5, 0.6) is 0 Å². The molecule has 12 heteroatoms. The predicted octanol–water partition coefficient (Wildman–Crippen LogP) is 12.7. The summed E-state index contributed by atoms with van der Waals surface area (Å²) in [7, 11) is 0. The van der Waals surface area contributed by atoms with Gasteiger partial charge in [0, 0.05) is 10.8 Å². The van der Waals surface area contributed by atoms with Crippen molar-refractivity contribution in [2.45, 2.75) is 183 Å². The average Bonchev–Trinajstić information content (AvgIpc) is 3.17. The third-order valence-corrected chi connectivity index (χ3v) is 10.7. The zero-order valence-corrected chi connectivity index (χ0v) is 44.3. The Morgan fingerprint density at radius 2 is 0.471 bits per heavy atom. The van der Waals surface area contributed by atoms with Gasteiger partial charge in [-0.2, -0.15) is 0 Å². The van der Waals surface area contributed by atoms with Crippen molar-refractivity contribution in [1.82, 2.24) is 0 Å². The number of carbonyl (C=O) groups excluding carboxylic acids is 4. The smallest absolute Gasteiger partial charge is 0.339 e. The Bertz CT molecular complexity index is 2330. The topological polar surface area (TPSA) is 142 Å². The van der Waals surface area contributed by atoms with Gasteiger partial charge in [0.25, 0.3) is 0 Å². The van der Waals surface area contributed by atoms with Crippen LogP contribution in [0.25, 0.3) is 43.1 Å². The van der Waals surface area contributed by atoms with Crippen molar-refractivity contribution >= 4 is 67.0 Å². The van der Waals surface area contributed by atoms with Gasteiger partial charge in [-0.3, -0.25) is 0 Å². The second-order valence-electron chi connectivity index (χ2n) is 24.3. The van der Waals surface area contributed by atoms with E-state index in [-0.39, 0.29) is 48.7 Å². The molecule has 0 N–H and O–H groups in total. The van der Waals surface area contributed by atoms with Gasteiger partial charge in [-0.15, -0.1) is 0 Å². The van der Waals surface area contributed by atoms with E-state index in [1.807, 2.05) is 83.1 Å². The van der Waals surface area contributed by atoms with Crippen LogP contribution in [0.1, 0.15) is 180 Å². The van der Waals surface area contributed by atoms with Gasteiger partial charge in [-0.25, -0.2) is 19.2 Å². The summed E-state index contributed by atoms with van der Waals surface area (Å²) in [5.74, 6) is -2.65. The second-order valence-corrected chi connectivity index (χ2v) is 24.3. The lowest BCUT2D eigenvalue weighted by molar-refractivity contribution is -0.0919. The van der Waals surface area contributed by atoms with Crippen LogP contribution in [0.2, 0.25) is 0 Å².